The van der Waals surface area contributed by atoms with Crippen LogP contribution in [0, 0.1) is 10.1 Å². The molecular weight excluding hydrogens is 318 g/mol. The van der Waals surface area contributed by atoms with Crippen LogP contribution >= 0.6 is 0 Å². The van der Waals surface area contributed by atoms with Crippen molar-refractivity contribution in [3.05, 3.63) is 34.4 Å². The summed E-state index contributed by atoms with van der Waals surface area (Å²) in [6, 6.07) is 5.63. The molecule has 0 aromatic heterocycles. The second-order valence-corrected chi connectivity index (χ2v) is 8.04. The lowest BCUT2D eigenvalue weighted by atomic mass is 10.1. The summed E-state index contributed by atoms with van der Waals surface area (Å²) >= 11 is 0. The van der Waals surface area contributed by atoms with Crippen LogP contribution < -0.4 is 0 Å². The van der Waals surface area contributed by atoms with E-state index in [4.69, 9.17) is 0 Å². The van der Waals surface area contributed by atoms with Crippen molar-refractivity contribution in [3.63, 3.8) is 0 Å². The quantitative estimate of drug-likeness (QED) is 0.620. The zero-order valence-electron chi connectivity index (χ0n) is 13.1. The van der Waals surface area contributed by atoms with Gasteiger partial charge in [0.15, 0.2) is 4.90 Å². The number of benzene rings is 1. The molecule has 2 saturated heterocycles. The minimum absolute atomic E-state index is 0.176. The van der Waals surface area contributed by atoms with Gasteiger partial charge in [0.25, 0.3) is 5.69 Å². The Morgan fingerprint density at radius 2 is 1.87 bits per heavy atom. The Kier molecular flexibility index (Phi) is 4.39. The van der Waals surface area contributed by atoms with Crippen molar-refractivity contribution < 1.29 is 13.3 Å². The van der Waals surface area contributed by atoms with Crippen LogP contribution in [0.15, 0.2) is 29.2 Å². The minimum atomic E-state index is -3.88. The molecule has 0 saturated carbocycles. The maximum absolute atomic E-state index is 13.1. The lowest BCUT2D eigenvalue weighted by Crippen LogP contribution is -2.47. The maximum Gasteiger partial charge on any atom is 0.289 e. The molecule has 0 aliphatic carbocycles. The third-order valence-electron chi connectivity index (χ3n) is 4.90. The first-order valence-corrected chi connectivity index (χ1v) is 9.36. The lowest BCUT2D eigenvalue weighted by molar-refractivity contribution is -0.387. The van der Waals surface area contributed by atoms with E-state index in [1.807, 2.05) is 6.92 Å². The Bertz CT molecular complexity index is 706. The first kappa shape index (κ1) is 16.4. The zero-order valence-corrected chi connectivity index (χ0v) is 13.9. The normalized spacial score (nSPS) is 26.7. The van der Waals surface area contributed by atoms with Gasteiger partial charge in [-0.05, 0) is 45.3 Å². The van der Waals surface area contributed by atoms with Gasteiger partial charge in [0.2, 0.25) is 10.0 Å². The fraction of sp³-hybridized carbons (Fsp3) is 0.600. The van der Waals surface area contributed by atoms with Crippen LogP contribution in [0.4, 0.5) is 5.69 Å². The van der Waals surface area contributed by atoms with Crippen molar-refractivity contribution in [3.8, 4) is 0 Å². The zero-order chi connectivity index (χ0) is 16.6. The summed E-state index contributed by atoms with van der Waals surface area (Å²) in [5, 5.41) is 11.2. The number of fused-ring (bicyclic) bond motifs is 1. The molecule has 2 heterocycles. The number of nitro groups is 1. The van der Waals surface area contributed by atoms with Crippen molar-refractivity contribution in [1.82, 2.24) is 9.21 Å². The molecule has 0 N–H and O–H groups in total. The molecule has 2 atom stereocenters. The van der Waals surface area contributed by atoms with Crippen LogP contribution in [0.2, 0.25) is 0 Å². The van der Waals surface area contributed by atoms with Gasteiger partial charge in [-0.1, -0.05) is 12.1 Å². The summed E-state index contributed by atoms with van der Waals surface area (Å²) in [5.74, 6) is 0. The highest BCUT2D eigenvalue weighted by Gasteiger charge is 2.41. The fourth-order valence-electron chi connectivity index (χ4n) is 3.79. The molecule has 2 aliphatic heterocycles. The van der Waals surface area contributed by atoms with Gasteiger partial charge in [-0.25, -0.2) is 8.42 Å². The number of nitrogens with zero attached hydrogens (tertiary/aromatic N) is 3. The minimum Gasteiger partial charge on any atom is -0.299 e. The van der Waals surface area contributed by atoms with Crippen molar-refractivity contribution in [2.24, 2.45) is 0 Å². The Labute approximate surface area is 136 Å². The molecule has 3 rings (SSSR count). The summed E-state index contributed by atoms with van der Waals surface area (Å²) in [5.41, 5.74) is -0.354. The average Bonchev–Trinajstić information content (AvgIpc) is 2.93. The second kappa shape index (κ2) is 6.18. The predicted octanol–water partition coefficient (Wildman–Crippen LogP) is 1.84. The number of sulfonamides is 1. The van der Waals surface area contributed by atoms with Crippen LogP contribution in [-0.4, -0.2) is 54.3 Å². The summed E-state index contributed by atoms with van der Waals surface area (Å²) in [6.07, 6.45) is 2.80. The fourth-order valence-corrected chi connectivity index (χ4v) is 5.65. The number of rotatable bonds is 3. The summed E-state index contributed by atoms with van der Waals surface area (Å²) in [6.45, 7) is 4.22. The largest absolute Gasteiger partial charge is 0.299 e. The molecular formula is C15H21N3O4S. The summed E-state index contributed by atoms with van der Waals surface area (Å²) in [7, 11) is -3.88. The van der Waals surface area contributed by atoms with Gasteiger partial charge in [0.05, 0.1) is 4.92 Å². The number of hydrogen-bond acceptors (Lipinski definition) is 5. The van der Waals surface area contributed by atoms with E-state index in [0.717, 1.165) is 32.4 Å². The number of hydrogen-bond donors (Lipinski definition) is 0. The van der Waals surface area contributed by atoms with E-state index in [9.17, 15) is 18.5 Å². The van der Waals surface area contributed by atoms with Crippen LogP contribution in [0.3, 0.4) is 0 Å². The van der Waals surface area contributed by atoms with Crippen LogP contribution in [-0.2, 0) is 10.0 Å². The first-order chi connectivity index (χ1) is 10.9. The highest BCUT2D eigenvalue weighted by atomic mass is 32.2. The molecule has 0 amide bonds. The van der Waals surface area contributed by atoms with E-state index in [0.29, 0.717) is 6.54 Å². The third-order valence-corrected chi connectivity index (χ3v) is 6.93. The molecule has 7 nitrogen and oxygen atoms in total. The molecule has 2 fully saturated rings. The Morgan fingerprint density at radius 3 is 2.61 bits per heavy atom. The van der Waals surface area contributed by atoms with Gasteiger partial charge in [-0.2, -0.15) is 4.31 Å². The number of para-hydroxylation sites is 1. The van der Waals surface area contributed by atoms with Crippen LogP contribution in [0.25, 0.3) is 0 Å². The van der Waals surface area contributed by atoms with Crippen LogP contribution in [0.1, 0.15) is 26.2 Å². The van der Waals surface area contributed by atoms with Gasteiger partial charge in [0.1, 0.15) is 0 Å². The van der Waals surface area contributed by atoms with Crippen LogP contribution in [0.5, 0.6) is 0 Å². The molecule has 0 spiro atoms. The summed E-state index contributed by atoms with van der Waals surface area (Å²) in [4.78, 5) is 12.7. The molecule has 2 aliphatic rings. The van der Waals surface area contributed by atoms with E-state index in [-0.39, 0.29) is 22.7 Å². The lowest BCUT2D eigenvalue weighted by Gasteiger charge is -2.32. The molecule has 1 aromatic rings. The Hall–Kier alpha value is -1.51. The smallest absolute Gasteiger partial charge is 0.289 e. The summed E-state index contributed by atoms with van der Waals surface area (Å²) < 4.78 is 27.6. The predicted molar refractivity (Wildman–Crippen MR) is 85.7 cm³/mol. The molecule has 1 aromatic carbocycles. The number of nitro benzene ring substituents is 1. The van der Waals surface area contributed by atoms with Gasteiger partial charge in [0, 0.05) is 24.7 Å². The van der Waals surface area contributed by atoms with Crippen molar-refractivity contribution in [1.29, 1.82) is 0 Å². The van der Waals surface area contributed by atoms with E-state index < -0.39 is 14.9 Å². The molecule has 0 radical (unpaired) electrons. The van der Waals surface area contributed by atoms with Gasteiger partial charge in [-0.15, -0.1) is 0 Å². The van der Waals surface area contributed by atoms with Crippen molar-refractivity contribution in [2.45, 2.75) is 43.2 Å². The van der Waals surface area contributed by atoms with Crippen molar-refractivity contribution in [2.75, 3.05) is 19.6 Å². The molecule has 23 heavy (non-hydrogen) atoms. The Morgan fingerprint density at radius 1 is 1.17 bits per heavy atom. The second-order valence-electron chi connectivity index (χ2n) is 6.18. The standard InChI is InChI=1S/C15H21N3O4S/c1-12-13-7-4-9-16(13)10-5-11-17(12)23(21,22)15-8-3-2-6-14(15)18(19)20/h2-3,6,8,12-13H,4-5,7,9-11H2,1H3/t12-,13-/m0/s1. The third kappa shape index (κ3) is 2.86. The molecule has 126 valence electrons. The highest BCUT2D eigenvalue weighted by Crippen LogP contribution is 2.32. The van der Waals surface area contributed by atoms with Gasteiger partial charge >= 0.3 is 0 Å². The maximum atomic E-state index is 13.1. The van der Waals surface area contributed by atoms with E-state index in [1.165, 1.54) is 28.6 Å². The van der Waals surface area contributed by atoms with E-state index in [2.05, 4.69) is 4.90 Å². The SMILES string of the molecule is C[C@H]1[C@@H]2CCCN2CCCN1S(=O)(=O)c1ccccc1[N+](=O)[O-]. The van der Waals surface area contributed by atoms with Gasteiger partial charge < -0.3 is 0 Å². The first-order valence-electron chi connectivity index (χ1n) is 7.92. The highest BCUT2D eigenvalue weighted by molar-refractivity contribution is 7.89. The van der Waals surface area contributed by atoms with Gasteiger partial charge in [-0.3, -0.25) is 15.0 Å². The average molecular weight is 339 g/mol. The molecule has 0 bridgehead atoms. The van der Waals surface area contributed by atoms with E-state index >= 15 is 0 Å². The monoisotopic (exact) mass is 339 g/mol. The molecule has 8 heteroatoms. The topological polar surface area (TPSA) is 83.8 Å². The molecule has 0 unspecified atom stereocenters. The van der Waals surface area contributed by atoms with Crippen molar-refractivity contribution >= 4 is 15.7 Å². The van der Waals surface area contributed by atoms with E-state index in [1.54, 1.807) is 0 Å². The Balaban J connectivity index is 2.00.